The topological polar surface area (TPSA) is 61.2 Å². The first-order valence-corrected chi connectivity index (χ1v) is 9.14. The first-order chi connectivity index (χ1) is 12.4. The average Bonchev–Trinajstić information content (AvgIpc) is 2.64. The third kappa shape index (κ3) is 3.37. The fraction of sp³-hybridized carbons (Fsp3) is 0.250. The number of esters is 1. The van der Waals surface area contributed by atoms with E-state index in [4.69, 9.17) is 4.74 Å². The van der Waals surface area contributed by atoms with Crippen molar-refractivity contribution < 1.29 is 9.53 Å². The van der Waals surface area contributed by atoms with Crippen LogP contribution in [0.4, 0.5) is 0 Å². The second-order valence-corrected chi connectivity index (χ2v) is 7.41. The monoisotopic (exact) mass is 368 g/mol. The summed E-state index contributed by atoms with van der Waals surface area (Å²) in [6.07, 6.45) is 0. The number of nitrogens with zero attached hydrogens (tertiary/aromatic N) is 2. The molecule has 3 rings (SSSR count). The highest BCUT2D eigenvalue weighted by molar-refractivity contribution is 8.00. The van der Waals surface area contributed by atoms with Gasteiger partial charge in [-0.1, -0.05) is 30.0 Å². The number of thioether (sulfide) groups is 1. The normalized spacial score (nSPS) is 12.2. The van der Waals surface area contributed by atoms with E-state index in [-0.39, 0.29) is 11.5 Å². The number of fused-ring (bicyclic) bond motifs is 1. The Morgan fingerprint density at radius 3 is 2.58 bits per heavy atom. The number of benzene rings is 2. The zero-order valence-electron chi connectivity index (χ0n) is 15.1. The van der Waals surface area contributed by atoms with Crippen LogP contribution in [-0.4, -0.2) is 27.9 Å². The number of para-hydroxylation sites is 1. The molecule has 0 saturated carbocycles. The van der Waals surface area contributed by atoms with Crippen LogP contribution in [-0.2, 0) is 9.53 Å². The molecule has 0 amide bonds. The smallest absolute Gasteiger partial charge is 0.318 e. The van der Waals surface area contributed by atoms with Gasteiger partial charge < -0.3 is 4.74 Å². The minimum absolute atomic E-state index is 0.154. The highest BCUT2D eigenvalue weighted by atomic mass is 32.2. The van der Waals surface area contributed by atoms with Gasteiger partial charge in [-0.15, -0.1) is 0 Å². The number of aryl methyl sites for hydroxylation is 2. The second kappa shape index (κ2) is 7.33. The Kier molecular flexibility index (Phi) is 5.13. The summed E-state index contributed by atoms with van der Waals surface area (Å²) in [5, 5.41) is 0.529. The largest absolute Gasteiger partial charge is 0.468 e. The van der Waals surface area contributed by atoms with Gasteiger partial charge >= 0.3 is 5.97 Å². The van der Waals surface area contributed by atoms with E-state index in [1.165, 1.54) is 18.9 Å². The molecule has 3 aromatic rings. The summed E-state index contributed by atoms with van der Waals surface area (Å²) < 4.78 is 6.38. The number of aromatic nitrogens is 2. The van der Waals surface area contributed by atoms with E-state index >= 15 is 0 Å². The van der Waals surface area contributed by atoms with E-state index in [0.717, 1.165) is 16.8 Å². The summed E-state index contributed by atoms with van der Waals surface area (Å²) in [5.74, 6) is -0.357. The van der Waals surface area contributed by atoms with Gasteiger partial charge in [-0.25, -0.2) is 4.98 Å². The molecule has 2 aromatic carbocycles. The zero-order chi connectivity index (χ0) is 18.8. The molecule has 0 aliphatic carbocycles. The molecule has 0 spiro atoms. The Hall–Kier alpha value is -2.60. The van der Waals surface area contributed by atoms with Crippen molar-refractivity contribution in [1.29, 1.82) is 0 Å². The van der Waals surface area contributed by atoms with Crippen molar-refractivity contribution in [3.8, 4) is 5.69 Å². The molecule has 0 saturated heterocycles. The lowest BCUT2D eigenvalue weighted by molar-refractivity contribution is -0.139. The molecule has 134 valence electrons. The van der Waals surface area contributed by atoms with Gasteiger partial charge in [0.25, 0.3) is 5.56 Å². The number of carbonyl (C=O) groups excluding carboxylic acids is 1. The molecular formula is C20H20N2O3S. The lowest BCUT2D eigenvalue weighted by Crippen LogP contribution is -2.24. The van der Waals surface area contributed by atoms with E-state index < -0.39 is 5.25 Å². The highest BCUT2D eigenvalue weighted by Crippen LogP contribution is 2.26. The van der Waals surface area contributed by atoms with Crippen LogP contribution >= 0.6 is 11.8 Å². The van der Waals surface area contributed by atoms with Gasteiger partial charge in [0.1, 0.15) is 5.25 Å². The quantitative estimate of drug-likeness (QED) is 0.400. The van der Waals surface area contributed by atoms with Crippen molar-refractivity contribution in [3.05, 3.63) is 63.9 Å². The van der Waals surface area contributed by atoms with Gasteiger partial charge in [-0.2, -0.15) is 0 Å². The Morgan fingerprint density at radius 1 is 1.15 bits per heavy atom. The number of methoxy groups -OCH3 is 1. The van der Waals surface area contributed by atoms with Crippen LogP contribution in [0.2, 0.25) is 0 Å². The molecule has 0 radical (unpaired) electrons. The Bertz CT molecular complexity index is 1040. The predicted octanol–water partition coefficient (Wildman–Crippen LogP) is 3.66. The summed E-state index contributed by atoms with van der Waals surface area (Å²) in [7, 11) is 1.35. The maximum atomic E-state index is 13.2. The van der Waals surface area contributed by atoms with Gasteiger partial charge in [0.15, 0.2) is 5.16 Å². The summed E-state index contributed by atoms with van der Waals surface area (Å²) in [5.41, 5.74) is 3.42. The summed E-state index contributed by atoms with van der Waals surface area (Å²) >= 11 is 1.21. The number of carbonyl (C=O) groups is 1. The predicted molar refractivity (Wildman–Crippen MR) is 104 cm³/mol. The van der Waals surface area contributed by atoms with E-state index in [0.29, 0.717) is 16.1 Å². The average molecular weight is 368 g/mol. The standard InChI is InChI=1S/C20H20N2O3S/c1-12-9-10-15(11-13(12)2)22-18(23)16-7-5-6-8-17(16)21-20(22)26-14(3)19(24)25-4/h5-11,14H,1-4H3/t14-/m1/s1. The summed E-state index contributed by atoms with van der Waals surface area (Å²) in [4.78, 5) is 29.7. The first kappa shape index (κ1) is 18.2. The zero-order valence-corrected chi connectivity index (χ0v) is 16.0. The van der Waals surface area contributed by atoms with E-state index in [1.807, 2.05) is 44.2 Å². The summed E-state index contributed by atoms with van der Waals surface area (Å²) in [6.45, 7) is 5.76. The lowest BCUT2D eigenvalue weighted by atomic mass is 10.1. The Morgan fingerprint density at radius 2 is 1.88 bits per heavy atom. The minimum atomic E-state index is -0.481. The molecule has 0 N–H and O–H groups in total. The highest BCUT2D eigenvalue weighted by Gasteiger charge is 2.20. The fourth-order valence-corrected chi connectivity index (χ4v) is 3.61. The third-order valence-corrected chi connectivity index (χ3v) is 5.34. The molecular weight excluding hydrogens is 348 g/mol. The van der Waals surface area contributed by atoms with Crippen LogP contribution in [0.1, 0.15) is 18.1 Å². The van der Waals surface area contributed by atoms with Crippen molar-refractivity contribution in [2.75, 3.05) is 7.11 Å². The number of hydrogen-bond donors (Lipinski definition) is 0. The van der Waals surface area contributed by atoms with Crippen LogP contribution in [0, 0.1) is 13.8 Å². The van der Waals surface area contributed by atoms with Gasteiger partial charge in [0.2, 0.25) is 0 Å². The molecule has 1 atom stereocenters. The first-order valence-electron chi connectivity index (χ1n) is 8.26. The Balaban J connectivity index is 2.25. The van der Waals surface area contributed by atoms with Crippen molar-refractivity contribution >= 4 is 28.6 Å². The third-order valence-electron chi connectivity index (χ3n) is 4.31. The van der Waals surface area contributed by atoms with Crippen molar-refractivity contribution in [2.45, 2.75) is 31.2 Å². The van der Waals surface area contributed by atoms with Crippen LogP contribution in [0.15, 0.2) is 52.4 Å². The molecule has 0 fully saturated rings. The number of hydrogen-bond acceptors (Lipinski definition) is 5. The fourth-order valence-electron chi connectivity index (χ4n) is 2.66. The van der Waals surface area contributed by atoms with E-state index in [2.05, 4.69) is 4.98 Å². The molecule has 0 aliphatic heterocycles. The molecule has 5 nitrogen and oxygen atoms in total. The second-order valence-electron chi connectivity index (χ2n) is 6.10. The lowest BCUT2D eigenvalue weighted by Gasteiger charge is -2.16. The van der Waals surface area contributed by atoms with E-state index in [9.17, 15) is 9.59 Å². The Labute approximate surface area is 156 Å². The minimum Gasteiger partial charge on any atom is -0.468 e. The SMILES string of the molecule is COC(=O)[C@@H](C)Sc1nc2ccccc2c(=O)n1-c1ccc(C)c(C)c1. The van der Waals surface area contributed by atoms with Crippen LogP contribution in [0.25, 0.3) is 16.6 Å². The van der Waals surface area contributed by atoms with Gasteiger partial charge in [-0.05, 0) is 56.2 Å². The molecule has 26 heavy (non-hydrogen) atoms. The van der Waals surface area contributed by atoms with Gasteiger partial charge in [0.05, 0.1) is 23.7 Å². The van der Waals surface area contributed by atoms with Crippen molar-refractivity contribution in [2.24, 2.45) is 0 Å². The number of rotatable bonds is 4. The maximum Gasteiger partial charge on any atom is 0.318 e. The van der Waals surface area contributed by atoms with Crippen LogP contribution in [0.5, 0.6) is 0 Å². The van der Waals surface area contributed by atoms with Gasteiger partial charge in [-0.3, -0.25) is 14.2 Å². The summed E-state index contributed by atoms with van der Waals surface area (Å²) in [6, 6.07) is 13.1. The molecule has 0 aliphatic rings. The molecule has 1 heterocycles. The van der Waals surface area contributed by atoms with E-state index in [1.54, 1.807) is 23.6 Å². The molecule has 6 heteroatoms. The molecule has 0 bridgehead atoms. The maximum absolute atomic E-state index is 13.2. The van der Waals surface area contributed by atoms with Crippen LogP contribution < -0.4 is 5.56 Å². The van der Waals surface area contributed by atoms with Crippen LogP contribution in [0.3, 0.4) is 0 Å². The molecule has 0 unspecified atom stereocenters. The molecule has 1 aromatic heterocycles. The van der Waals surface area contributed by atoms with Gasteiger partial charge in [0, 0.05) is 0 Å². The van der Waals surface area contributed by atoms with Crippen molar-refractivity contribution in [3.63, 3.8) is 0 Å². The van der Waals surface area contributed by atoms with Crippen molar-refractivity contribution in [1.82, 2.24) is 9.55 Å². The number of ether oxygens (including phenoxy) is 1.